The number of oxazole rings is 1. The molecule has 3 aromatic carbocycles. The van der Waals surface area contributed by atoms with E-state index in [0.29, 0.717) is 10.9 Å². The van der Waals surface area contributed by atoms with Gasteiger partial charge in [-0.1, -0.05) is 54.1 Å². The zero-order valence-corrected chi connectivity index (χ0v) is 12.4. The molecule has 0 aliphatic carbocycles. The van der Waals surface area contributed by atoms with Crippen molar-refractivity contribution in [2.24, 2.45) is 0 Å². The quantitative estimate of drug-likeness (QED) is 0.466. The van der Waals surface area contributed by atoms with Crippen molar-refractivity contribution in [2.45, 2.75) is 0 Å². The van der Waals surface area contributed by atoms with Gasteiger partial charge in [-0.25, -0.2) is 4.98 Å². The van der Waals surface area contributed by atoms with Crippen molar-refractivity contribution in [3.05, 3.63) is 77.8 Å². The number of para-hydroxylation sites is 2. The van der Waals surface area contributed by atoms with Gasteiger partial charge >= 0.3 is 0 Å². The normalized spacial score (nSPS) is 11.0. The van der Waals surface area contributed by atoms with Gasteiger partial charge in [0.2, 0.25) is 5.89 Å². The number of rotatable bonds is 2. The second-order valence-corrected chi connectivity index (χ2v) is 5.48. The summed E-state index contributed by atoms with van der Waals surface area (Å²) in [6, 6.07) is 23.6. The minimum absolute atomic E-state index is 0.608. The summed E-state index contributed by atoms with van der Waals surface area (Å²) in [5.74, 6) is 0.608. The van der Waals surface area contributed by atoms with Gasteiger partial charge in [0.25, 0.3) is 0 Å². The second-order valence-electron chi connectivity index (χ2n) is 5.04. The molecular weight excluding hydrogens is 294 g/mol. The Morgan fingerprint density at radius 3 is 2.36 bits per heavy atom. The molecule has 1 aromatic heterocycles. The van der Waals surface area contributed by atoms with Crippen molar-refractivity contribution in [1.82, 2.24) is 4.98 Å². The number of hydrogen-bond donors (Lipinski definition) is 0. The first-order chi connectivity index (χ1) is 10.8. The van der Waals surface area contributed by atoms with E-state index in [1.165, 1.54) is 0 Å². The summed E-state index contributed by atoms with van der Waals surface area (Å²) < 4.78 is 5.90. The molecule has 0 fully saturated rings. The summed E-state index contributed by atoms with van der Waals surface area (Å²) in [4.78, 5) is 4.59. The van der Waals surface area contributed by atoms with Gasteiger partial charge in [0.1, 0.15) is 5.52 Å². The van der Waals surface area contributed by atoms with Crippen LogP contribution < -0.4 is 0 Å². The Hall–Kier alpha value is -2.58. The molecule has 0 amide bonds. The monoisotopic (exact) mass is 305 g/mol. The van der Waals surface area contributed by atoms with Crippen LogP contribution in [0.1, 0.15) is 0 Å². The van der Waals surface area contributed by atoms with Crippen LogP contribution in [0.15, 0.2) is 77.2 Å². The van der Waals surface area contributed by atoms with Crippen LogP contribution in [-0.4, -0.2) is 4.98 Å². The van der Waals surface area contributed by atoms with Crippen molar-refractivity contribution in [3.63, 3.8) is 0 Å². The number of halogens is 1. The van der Waals surface area contributed by atoms with Gasteiger partial charge < -0.3 is 4.42 Å². The fraction of sp³-hybridized carbons (Fsp3) is 0. The van der Waals surface area contributed by atoms with Crippen LogP contribution in [0.25, 0.3) is 33.7 Å². The predicted octanol–water partition coefficient (Wildman–Crippen LogP) is 5.82. The lowest BCUT2D eigenvalue weighted by molar-refractivity contribution is 0.620. The minimum atomic E-state index is 0.608. The number of aromatic nitrogens is 1. The summed E-state index contributed by atoms with van der Waals surface area (Å²) in [7, 11) is 0. The molecule has 0 radical (unpaired) electrons. The summed E-state index contributed by atoms with van der Waals surface area (Å²) in [6.07, 6.45) is 0. The van der Waals surface area contributed by atoms with E-state index in [-0.39, 0.29) is 0 Å². The highest BCUT2D eigenvalue weighted by atomic mass is 35.5. The lowest BCUT2D eigenvalue weighted by Crippen LogP contribution is -1.85. The van der Waals surface area contributed by atoms with E-state index in [4.69, 9.17) is 16.0 Å². The number of hydrogen-bond acceptors (Lipinski definition) is 2. The molecule has 1 heterocycles. The molecule has 106 valence electrons. The molecule has 2 nitrogen and oxygen atoms in total. The molecule has 0 unspecified atom stereocenters. The topological polar surface area (TPSA) is 26.0 Å². The van der Waals surface area contributed by atoms with Crippen LogP contribution in [0.3, 0.4) is 0 Å². The van der Waals surface area contributed by atoms with Crippen molar-refractivity contribution < 1.29 is 4.42 Å². The predicted molar refractivity (Wildman–Crippen MR) is 89.9 cm³/mol. The molecule has 22 heavy (non-hydrogen) atoms. The smallest absolute Gasteiger partial charge is 0.227 e. The van der Waals surface area contributed by atoms with E-state index >= 15 is 0 Å². The van der Waals surface area contributed by atoms with Gasteiger partial charge in [-0.05, 0) is 41.5 Å². The van der Waals surface area contributed by atoms with E-state index in [9.17, 15) is 0 Å². The summed E-state index contributed by atoms with van der Waals surface area (Å²) in [5, 5.41) is 0.693. The van der Waals surface area contributed by atoms with Gasteiger partial charge in [-0.3, -0.25) is 0 Å². The average Bonchev–Trinajstić information content (AvgIpc) is 2.99. The van der Waals surface area contributed by atoms with E-state index in [1.54, 1.807) is 0 Å². The van der Waals surface area contributed by atoms with Crippen LogP contribution in [-0.2, 0) is 0 Å². The number of fused-ring (bicyclic) bond motifs is 1. The van der Waals surface area contributed by atoms with E-state index < -0.39 is 0 Å². The van der Waals surface area contributed by atoms with E-state index in [0.717, 1.165) is 27.8 Å². The van der Waals surface area contributed by atoms with Gasteiger partial charge in [-0.2, -0.15) is 0 Å². The molecule has 0 saturated heterocycles. The Balaban J connectivity index is 1.95. The molecule has 0 atom stereocenters. The lowest BCUT2D eigenvalue weighted by atomic mass is 10.00. The SMILES string of the molecule is Clc1ccc(-c2nc3ccccc3o2)c(-c2ccccc2)c1. The maximum absolute atomic E-state index is 6.18. The fourth-order valence-electron chi connectivity index (χ4n) is 2.55. The Labute approximate surface area is 133 Å². The van der Waals surface area contributed by atoms with Gasteiger partial charge in [0, 0.05) is 10.6 Å². The third-order valence-electron chi connectivity index (χ3n) is 3.59. The van der Waals surface area contributed by atoms with Crippen molar-refractivity contribution in [3.8, 4) is 22.6 Å². The first-order valence-electron chi connectivity index (χ1n) is 7.02. The third kappa shape index (κ3) is 2.28. The Morgan fingerprint density at radius 2 is 1.55 bits per heavy atom. The highest BCUT2D eigenvalue weighted by Gasteiger charge is 2.13. The Bertz CT molecular complexity index is 911. The van der Waals surface area contributed by atoms with Crippen molar-refractivity contribution in [1.29, 1.82) is 0 Å². The Morgan fingerprint density at radius 1 is 0.773 bits per heavy atom. The zero-order valence-electron chi connectivity index (χ0n) is 11.7. The van der Waals surface area contributed by atoms with Gasteiger partial charge in [-0.15, -0.1) is 0 Å². The third-order valence-corrected chi connectivity index (χ3v) is 3.83. The van der Waals surface area contributed by atoms with E-state index in [1.807, 2.05) is 60.7 Å². The lowest BCUT2D eigenvalue weighted by Gasteiger charge is -2.07. The highest BCUT2D eigenvalue weighted by Crippen LogP contribution is 2.35. The number of benzene rings is 3. The van der Waals surface area contributed by atoms with Crippen LogP contribution in [0.5, 0.6) is 0 Å². The maximum atomic E-state index is 6.18. The first-order valence-corrected chi connectivity index (χ1v) is 7.40. The second kappa shape index (κ2) is 5.32. The molecule has 3 heteroatoms. The highest BCUT2D eigenvalue weighted by molar-refractivity contribution is 6.31. The van der Waals surface area contributed by atoms with Crippen LogP contribution in [0.2, 0.25) is 5.02 Å². The minimum Gasteiger partial charge on any atom is -0.436 e. The first kappa shape index (κ1) is 13.1. The molecule has 0 bridgehead atoms. The molecule has 4 rings (SSSR count). The largest absolute Gasteiger partial charge is 0.436 e. The van der Waals surface area contributed by atoms with Crippen molar-refractivity contribution >= 4 is 22.7 Å². The number of nitrogens with zero attached hydrogens (tertiary/aromatic N) is 1. The fourth-order valence-corrected chi connectivity index (χ4v) is 2.72. The van der Waals surface area contributed by atoms with Crippen LogP contribution in [0, 0.1) is 0 Å². The molecule has 0 aliphatic rings. The Kier molecular flexibility index (Phi) is 3.17. The molecule has 4 aromatic rings. The van der Waals surface area contributed by atoms with Crippen LogP contribution >= 0.6 is 11.6 Å². The molecule has 0 spiro atoms. The average molecular weight is 306 g/mol. The standard InChI is InChI=1S/C19H12ClNO/c20-14-10-11-15(16(12-14)13-6-2-1-3-7-13)19-21-17-8-4-5-9-18(17)22-19/h1-12H. The zero-order chi connectivity index (χ0) is 14.9. The van der Waals surface area contributed by atoms with Crippen LogP contribution in [0.4, 0.5) is 0 Å². The molecule has 0 saturated carbocycles. The van der Waals surface area contributed by atoms with E-state index in [2.05, 4.69) is 17.1 Å². The molecular formula is C19H12ClNO. The summed E-state index contributed by atoms with van der Waals surface area (Å²) in [6.45, 7) is 0. The maximum Gasteiger partial charge on any atom is 0.227 e. The van der Waals surface area contributed by atoms with Gasteiger partial charge in [0.05, 0.1) is 0 Å². The van der Waals surface area contributed by atoms with Crippen molar-refractivity contribution in [2.75, 3.05) is 0 Å². The van der Waals surface area contributed by atoms with Gasteiger partial charge in [0.15, 0.2) is 5.58 Å². The summed E-state index contributed by atoms with van der Waals surface area (Å²) in [5.41, 5.74) is 4.67. The molecule has 0 aliphatic heterocycles. The molecule has 0 N–H and O–H groups in total. The summed E-state index contributed by atoms with van der Waals surface area (Å²) >= 11 is 6.18.